The van der Waals surface area contributed by atoms with Crippen LogP contribution in [0.5, 0.6) is 0 Å². The van der Waals surface area contributed by atoms with Crippen LogP contribution in [0.15, 0.2) is 5.16 Å². The molecule has 3 aliphatic rings. The molecule has 0 aromatic heterocycles. The van der Waals surface area contributed by atoms with Crippen LogP contribution in [-0.2, 0) is 52.4 Å². The Hall–Kier alpha value is -2.85. The van der Waals surface area contributed by atoms with E-state index in [2.05, 4.69) is 5.16 Å². The minimum absolute atomic E-state index is 0.0217. The van der Waals surface area contributed by atoms with Gasteiger partial charge in [-0.1, -0.05) is 25.9 Å². The first-order valence-electron chi connectivity index (χ1n) is 17.0. The van der Waals surface area contributed by atoms with Crippen molar-refractivity contribution < 1.29 is 62.3 Å². The molecule has 0 radical (unpaired) electrons. The Bertz CT molecular complexity index is 1230. The molecule has 280 valence electrons. The van der Waals surface area contributed by atoms with Crippen molar-refractivity contribution in [3.05, 3.63) is 0 Å². The van der Waals surface area contributed by atoms with Crippen molar-refractivity contribution in [2.75, 3.05) is 21.2 Å². The number of aliphatic hydroxyl groups excluding tert-OH is 1. The summed E-state index contributed by atoms with van der Waals surface area (Å²) in [5.41, 5.74) is -2.29. The van der Waals surface area contributed by atoms with Gasteiger partial charge in [0.05, 0.1) is 41.6 Å². The molecule has 13 atom stereocenters. The molecule has 1 N–H and O–H groups in total. The number of carbonyl (C=O) groups excluding carboxylic acids is 4. The number of nitrogens with zero attached hydrogens (tertiary/aromatic N) is 2. The zero-order valence-electron chi connectivity index (χ0n) is 30.9. The number of oxime groups is 1. The molecule has 3 aliphatic heterocycles. The second-order valence-corrected chi connectivity index (χ2v) is 14.3. The lowest BCUT2D eigenvalue weighted by atomic mass is 9.76. The Balaban J connectivity index is 2.18. The molecule has 15 heteroatoms. The summed E-state index contributed by atoms with van der Waals surface area (Å²) in [6.07, 6.45) is -6.33. The molecule has 3 fully saturated rings. The molecule has 0 bridgehead atoms. The predicted octanol–water partition coefficient (Wildman–Crippen LogP) is 3.37. The summed E-state index contributed by atoms with van der Waals surface area (Å²) in [4.78, 5) is 57.4. The third-order valence-electron chi connectivity index (χ3n) is 10.2. The van der Waals surface area contributed by atoms with Gasteiger partial charge in [-0.2, -0.15) is 0 Å². The fourth-order valence-corrected chi connectivity index (χ4v) is 7.26. The van der Waals surface area contributed by atoms with E-state index in [1.807, 2.05) is 32.8 Å². The first-order valence-corrected chi connectivity index (χ1v) is 17.0. The molecule has 49 heavy (non-hydrogen) atoms. The molecule has 0 aliphatic carbocycles. The molecule has 0 aromatic rings. The second-order valence-electron chi connectivity index (χ2n) is 14.3. The molecule has 3 saturated heterocycles. The van der Waals surface area contributed by atoms with Gasteiger partial charge in [0, 0.05) is 39.2 Å². The Morgan fingerprint density at radius 3 is 2.27 bits per heavy atom. The zero-order chi connectivity index (χ0) is 37.0. The lowest BCUT2D eigenvalue weighted by Gasteiger charge is -2.48. The van der Waals surface area contributed by atoms with Gasteiger partial charge in [0.2, 0.25) is 0 Å². The number of likely N-dealkylation sites (N-methyl/N-ethyl adjacent to an activating group) is 1. The predicted molar refractivity (Wildman–Crippen MR) is 174 cm³/mol. The number of carbonyl (C=O) groups is 4. The molecule has 0 saturated carbocycles. The molecular weight excluding hydrogens is 644 g/mol. The first kappa shape index (κ1) is 40.6. The van der Waals surface area contributed by atoms with Gasteiger partial charge in [0.25, 0.3) is 0 Å². The van der Waals surface area contributed by atoms with Crippen molar-refractivity contribution >= 4 is 29.8 Å². The summed E-state index contributed by atoms with van der Waals surface area (Å²) in [5, 5.41) is 16.0. The second kappa shape index (κ2) is 16.4. The van der Waals surface area contributed by atoms with Crippen LogP contribution in [-0.4, -0.2) is 121 Å². The van der Waals surface area contributed by atoms with Crippen LogP contribution in [0.4, 0.5) is 4.79 Å². The fraction of sp³-hybridized carbons (Fsp3) is 0.853. The molecular formula is C34H56N2O13. The minimum Gasteiger partial charge on any atom is -0.458 e. The van der Waals surface area contributed by atoms with Gasteiger partial charge < -0.3 is 48.0 Å². The highest BCUT2D eigenvalue weighted by Crippen LogP contribution is 2.41. The smallest absolute Gasteiger partial charge is 0.458 e. The molecule has 0 aromatic carbocycles. The zero-order valence-corrected chi connectivity index (χ0v) is 30.9. The van der Waals surface area contributed by atoms with Gasteiger partial charge in [-0.05, 0) is 61.1 Å². The van der Waals surface area contributed by atoms with E-state index < -0.39 is 89.8 Å². The number of fused-ring (bicyclic) bond motifs is 1. The summed E-state index contributed by atoms with van der Waals surface area (Å²) in [6, 6.07) is -0.253. The maximum atomic E-state index is 13.7. The summed E-state index contributed by atoms with van der Waals surface area (Å²) < 4.78 is 42.2. The van der Waals surface area contributed by atoms with Gasteiger partial charge in [0.15, 0.2) is 24.1 Å². The Kier molecular flexibility index (Phi) is 13.6. The minimum atomic E-state index is -1.42. The van der Waals surface area contributed by atoms with Crippen LogP contribution in [0, 0.1) is 17.8 Å². The van der Waals surface area contributed by atoms with Crippen LogP contribution in [0.25, 0.3) is 0 Å². The number of hydrogen-bond acceptors (Lipinski definition) is 15. The number of rotatable bonds is 7. The number of aliphatic hydroxyl groups is 1. The molecule has 0 spiro atoms. The highest BCUT2D eigenvalue weighted by Gasteiger charge is 2.56. The van der Waals surface area contributed by atoms with Crippen molar-refractivity contribution in [3.8, 4) is 0 Å². The average Bonchev–Trinajstić information content (AvgIpc) is 3.31. The molecule has 0 unspecified atom stereocenters. The standard InChI is InChI=1S/C34H56N2O13/c1-13-25-34(9)26(46-32(41)48-34)15-23(35-49-22(7)38)17(2)16-33(8,42-12)29(19(4)27(39)20(5)30(40)45-25)47-31-28(44-21(6)37)24(36(10)11)14-18(3)43-31/h17-20,24-29,31,39H,13-16H2,1-12H3/b35-23-/t17-,18-,19+,20-,24+,25-,26-,27+,28-,29-,31+,33+,34-/m1/s1. The van der Waals surface area contributed by atoms with Crippen LogP contribution >= 0.6 is 0 Å². The fourth-order valence-electron chi connectivity index (χ4n) is 7.26. The third kappa shape index (κ3) is 9.29. The van der Waals surface area contributed by atoms with Crippen LogP contribution < -0.4 is 0 Å². The van der Waals surface area contributed by atoms with Crippen molar-refractivity contribution in [1.29, 1.82) is 0 Å². The van der Waals surface area contributed by atoms with Gasteiger partial charge in [-0.3, -0.25) is 9.59 Å². The number of ether oxygens (including phenoxy) is 7. The van der Waals surface area contributed by atoms with E-state index in [9.17, 15) is 24.3 Å². The lowest BCUT2D eigenvalue weighted by molar-refractivity contribution is -0.303. The summed E-state index contributed by atoms with van der Waals surface area (Å²) in [7, 11) is 5.26. The molecule has 3 heterocycles. The highest BCUT2D eigenvalue weighted by molar-refractivity contribution is 5.88. The monoisotopic (exact) mass is 700 g/mol. The third-order valence-corrected chi connectivity index (χ3v) is 10.2. The topological polar surface area (TPSA) is 178 Å². The van der Waals surface area contributed by atoms with Gasteiger partial charge in [-0.15, -0.1) is 0 Å². The van der Waals surface area contributed by atoms with E-state index in [1.165, 1.54) is 21.0 Å². The van der Waals surface area contributed by atoms with Crippen LogP contribution in [0.3, 0.4) is 0 Å². The summed E-state index contributed by atoms with van der Waals surface area (Å²) in [5.74, 6) is -4.22. The van der Waals surface area contributed by atoms with Crippen molar-refractivity contribution in [2.45, 2.75) is 148 Å². The summed E-state index contributed by atoms with van der Waals surface area (Å²) >= 11 is 0. The maximum absolute atomic E-state index is 13.7. The van der Waals surface area contributed by atoms with Crippen molar-refractivity contribution in [1.82, 2.24) is 4.90 Å². The first-order chi connectivity index (χ1) is 22.8. The van der Waals surface area contributed by atoms with E-state index >= 15 is 0 Å². The maximum Gasteiger partial charge on any atom is 0.509 e. The Morgan fingerprint density at radius 1 is 1.06 bits per heavy atom. The summed E-state index contributed by atoms with van der Waals surface area (Å²) in [6.45, 7) is 14.7. The molecule has 3 rings (SSSR count). The van der Waals surface area contributed by atoms with Crippen molar-refractivity contribution in [2.24, 2.45) is 22.9 Å². The van der Waals surface area contributed by atoms with Crippen molar-refractivity contribution in [3.63, 3.8) is 0 Å². The highest BCUT2D eigenvalue weighted by atomic mass is 16.8. The molecule has 15 nitrogen and oxygen atoms in total. The number of hydrogen-bond donors (Lipinski definition) is 1. The largest absolute Gasteiger partial charge is 0.509 e. The van der Waals surface area contributed by atoms with Gasteiger partial charge in [-0.25, -0.2) is 9.59 Å². The van der Waals surface area contributed by atoms with Crippen LogP contribution in [0.1, 0.15) is 88.0 Å². The quantitative estimate of drug-likeness (QED) is 0.177. The van der Waals surface area contributed by atoms with Gasteiger partial charge >= 0.3 is 24.1 Å². The number of cyclic esters (lactones) is 1. The van der Waals surface area contributed by atoms with Crippen LogP contribution in [0.2, 0.25) is 0 Å². The van der Waals surface area contributed by atoms with E-state index in [0.29, 0.717) is 12.1 Å². The van der Waals surface area contributed by atoms with E-state index in [0.717, 1.165) is 0 Å². The SMILES string of the molecule is CC[C@H]1OC(=O)[C@H](C)[C@@H](O)[C@H](C)[C@@H](O[C@@H]2O[C@H](C)C[C@H](N(C)C)[C@H]2OC(C)=O)[C@@](C)(OC)C[C@@H](C)/C(=N\OC(C)=O)C[C@H]2OC(=O)O[C@@]21C. The number of methoxy groups -OCH3 is 1. The van der Waals surface area contributed by atoms with Gasteiger partial charge in [0.1, 0.15) is 6.10 Å². The van der Waals surface area contributed by atoms with E-state index in [1.54, 1.807) is 34.6 Å². The number of esters is 2. The van der Waals surface area contributed by atoms with E-state index in [4.69, 9.17) is 38.0 Å². The van der Waals surface area contributed by atoms with E-state index in [-0.39, 0.29) is 31.4 Å². The lowest BCUT2D eigenvalue weighted by Crippen LogP contribution is -2.60. The Labute approximate surface area is 289 Å². The molecule has 0 amide bonds. The Morgan fingerprint density at radius 2 is 1.71 bits per heavy atom. The average molecular weight is 701 g/mol. The normalized spacial score (nSPS) is 41.6.